The van der Waals surface area contributed by atoms with Crippen LogP contribution in [0.15, 0.2) is 23.7 Å². The quantitative estimate of drug-likeness (QED) is 0.796. The van der Waals surface area contributed by atoms with Crippen molar-refractivity contribution in [1.29, 1.82) is 0 Å². The van der Waals surface area contributed by atoms with E-state index in [0.717, 1.165) is 45.4 Å². The topological polar surface area (TPSA) is 62.2 Å². The van der Waals surface area contributed by atoms with Crippen LogP contribution in [-0.4, -0.2) is 52.8 Å². The van der Waals surface area contributed by atoms with E-state index in [2.05, 4.69) is 39.0 Å². The fourth-order valence-electron chi connectivity index (χ4n) is 3.83. The van der Waals surface area contributed by atoms with Crippen molar-refractivity contribution in [1.82, 2.24) is 25.3 Å². The Hall–Kier alpha value is -1.41. The van der Waals surface area contributed by atoms with Crippen LogP contribution in [0, 0.1) is 0 Å². The Morgan fingerprint density at radius 1 is 1.48 bits per heavy atom. The second kappa shape index (κ2) is 9.19. The van der Waals surface area contributed by atoms with E-state index < -0.39 is 0 Å². The lowest BCUT2D eigenvalue weighted by Crippen LogP contribution is -2.44. The van der Waals surface area contributed by atoms with Crippen molar-refractivity contribution in [2.24, 2.45) is 0 Å². The minimum atomic E-state index is -0.0763. The number of aromatic nitrogens is 2. The van der Waals surface area contributed by atoms with Crippen LogP contribution >= 0.6 is 23.7 Å². The minimum absolute atomic E-state index is 0. The van der Waals surface area contributed by atoms with Crippen LogP contribution < -0.4 is 10.6 Å². The van der Waals surface area contributed by atoms with Crippen LogP contribution in [0.25, 0.3) is 0 Å². The number of amides is 1. The molecule has 2 aromatic rings. The standard InChI is InChI=1S/C19H27N5OS.ClH/c1-14(23-8-5-18-15(13-23)6-10-26-18)11-21-19(25)17-4-9-24(22-17)16-3-2-7-20-12-16;/h4,6,9-10,14,16,20H,2-3,5,7-8,11-13H2,1H3,(H,21,25);1H. The molecule has 27 heavy (non-hydrogen) atoms. The van der Waals surface area contributed by atoms with Gasteiger partial charge < -0.3 is 10.6 Å². The second-order valence-electron chi connectivity index (χ2n) is 7.33. The van der Waals surface area contributed by atoms with E-state index in [1.54, 1.807) is 0 Å². The molecule has 0 spiro atoms. The van der Waals surface area contributed by atoms with Gasteiger partial charge in [-0.15, -0.1) is 23.7 Å². The molecule has 2 aliphatic heterocycles. The van der Waals surface area contributed by atoms with E-state index in [1.807, 2.05) is 28.3 Å². The predicted molar refractivity (Wildman–Crippen MR) is 111 cm³/mol. The Labute approximate surface area is 170 Å². The zero-order valence-corrected chi connectivity index (χ0v) is 17.3. The summed E-state index contributed by atoms with van der Waals surface area (Å²) in [5.41, 5.74) is 1.96. The van der Waals surface area contributed by atoms with Gasteiger partial charge in [0.2, 0.25) is 0 Å². The molecule has 2 N–H and O–H groups in total. The molecule has 0 bridgehead atoms. The fourth-order valence-corrected chi connectivity index (χ4v) is 4.72. The molecule has 0 aromatic carbocycles. The lowest BCUT2D eigenvalue weighted by atomic mass is 10.1. The van der Waals surface area contributed by atoms with E-state index in [0.29, 0.717) is 24.3 Å². The molecule has 2 atom stereocenters. The molecule has 0 aliphatic carbocycles. The number of halogens is 1. The van der Waals surface area contributed by atoms with Crippen molar-refractivity contribution in [3.05, 3.63) is 39.8 Å². The maximum Gasteiger partial charge on any atom is 0.271 e. The van der Waals surface area contributed by atoms with Gasteiger partial charge in [-0.2, -0.15) is 5.10 Å². The molecule has 2 aromatic heterocycles. The average Bonchev–Trinajstić information content (AvgIpc) is 3.35. The molecular weight excluding hydrogens is 382 g/mol. The van der Waals surface area contributed by atoms with Crippen molar-refractivity contribution >= 4 is 29.7 Å². The van der Waals surface area contributed by atoms with E-state index in [9.17, 15) is 4.79 Å². The number of thiophene rings is 1. The Morgan fingerprint density at radius 3 is 3.19 bits per heavy atom. The van der Waals surface area contributed by atoms with E-state index in [1.165, 1.54) is 10.4 Å². The predicted octanol–water partition coefficient (Wildman–Crippen LogP) is 2.47. The maximum atomic E-state index is 12.5. The molecule has 0 saturated carbocycles. The first-order valence-electron chi connectivity index (χ1n) is 9.54. The van der Waals surface area contributed by atoms with Crippen LogP contribution in [0.5, 0.6) is 0 Å². The summed E-state index contributed by atoms with van der Waals surface area (Å²) in [4.78, 5) is 16.4. The Kier molecular flexibility index (Phi) is 6.92. The van der Waals surface area contributed by atoms with Gasteiger partial charge in [-0.3, -0.25) is 14.4 Å². The number of fused-ring (bicyclic) bond motifs is 1. The first kappa shape index (κ1) is 20.3. The molecule has 8 heteroatoms. The van der Waals surface area contributed by atoms with Gasteiger partial charge in [-0.05, 0) is 55.8 Å². The third-order valence-corrected chi connectivity index (χ3v) is 6.53. The Morgan fingerprint density at radius 2 is 2.37 bits per heavy atom. The molecule has 0 radical (unpaired) electrons. The summed E-state index contributed by atoms with van der Waals surface area (Å²) >= 11 is 1.86. The fraction of sp³-hybridized carbons (Fsp3) is 0.579. The maximum absolute atomic E-state index is 12.5. The second-order valence-corrected chi connectivity index (χ2v) is 8.33. The highest BCUT2D eigenvalue weighted by atomic mass is 35.5. The van der Waals surface area contributed by atoms with Gasteiger partial charge in [0.05, 0.1) is 6.04 Å². The number of piperidine rings is 1. The summed E-state index contributed by atoms with van der Waals surface area (Å²) in [6.07, 6.45) is 5.32. The van der Waals surface area contributed by atoms with Crippen molar-refractivity contribution < 1.29 is 4.79 Å². The van der Waals surface area contributed by atoms with E-state index in [-0.39, 0.29) is 18.3 Å². The number of rotatable bonds is 5. The SMILES string of the molecule is CC(CNC(=O)c1ccn(C2CCCNC2)n1)N1CCc2sccc2C1.Cl. The zero-order chi connectivity index (χ0) is 17.9. The molecule has 2 unspecified atom stereocenters. The summed E-state index contributed by atoms with van der Waals surface area (Å²) in [6.45, 7) is 6.89. The van der Waals surface area contributed by atoms with Gasteiger partial charge in [-0.1, -0.05) is 0 Å². The number of carbonyl (C=O) groups excluding carboxylic acids is 1. The molecular formula is C19H28ClN5OS. The zero-order valence-electron chi connectivity index (χ0n) is 15.7. The normalized spacial score (nSPS) is 21.1. The highest BCUT2D eigenvalue weighted by Crippen LogP contribution is 2.25. The van der Waals surface area contributed by atoms with Crippen molar-refractivity contribution in [3.8, 4) is 0 Å². The number of carbonyl (C=O) groups is 1. The van der Waals surface area contributed by atoms with Crippen LogP contribution in [-0.2, 0) is 13.0 Å². The van der Waals surface area contributed by atoms with Crippen LogP contribution in [0.4, 0.5) is 0 Å². The summed E-state index contributed by atoms with van der Waals surface area (Å²) in [5.74, 6) is -0.0763. The lowest BCUT2D eigenvalue weighted by molar-refractivity contribution is 0.0926. The molecule has 148 valence electrons. The molecule has 6 nitrogen and oxygen atoms in total. The lowest BCUT2D eigenvalue weighted by Gasteiger charge is -2.32. The first-order valence-corrected chi connectivity index (χ1v) is 10.4. The van der Waals surface area contributed by atoms with Crippen molar-refractivity contribution in [2.45, 2.75) is 44.8 Å². The van der Waals surface area contributed by atoms with Gasteiger partial charge >= 0.3 is 0 Å². The van der Waals surface area contributed by atoms with Crippen molar-refractivity contribution in [3.63, 3.8) is 0 Å². The van der Waals surface area contributed by atoms with E-state index >= 15 is 0 Å². The average molecular weight is 410 g/mol. The number of hydrogen-bond donors (Lipinski definition) is 2. The van der Waals surface area contributed by atoms with Gasteiger partial charge in [0.25, 0.3) is 5.91 Å². The van der Waals surface area contributed by atoms with Crippen LogP contribution in [0.2, 0.25) is 0 Å². The largest absolute Gasteiger partial charge is 0.349 e. The van der Waals surface area contributed by atoms with Crippen LogP contribution in [0.1, 0.15) is 46.7 Å². The Bertz CT molecular complexity index is 755. The van der Waals surface area contributed by atoms with E-state index in [4.69, 9.17) is 0 Å². The highest BCUT2D eigenvalue weighted by Gasteiger charge is 2.22. The molecule has 2 aliphatic rings. The minimum Gasteiger partial charge on any atom is -0.349 e. The number of nitrogens with zero attached hydrogens (tertiary/aromatic N) is 3. The summed E-state index contributed by atoms with van der Waals surface area (Å²) in [6, 6.07) is 4.73. The number of hydrogen-bond acceptors (Lipinski definition) is 5. The summed E-state index contributed by atoms with van der Waals surface area (Å²) in [7, 11) is 0. The van der Waals surface area contributed by atoms with Gasteiger partial charge in [-0.25, -0.2) is 0 Å². The first-order chi connectivity index (χ1) is 12.7. The molecule has 1 saturated heterocycles. The third-order valence-electron chi connectivity index (χ3n) is 5.50. The van der Waals surface area contributed by atoms with Gasteiger partial charge in [0.1, 0.15) is 5.69 Å². The molecule has 4 rings (SSSR count). The van der Waals surface area contributed by atoms with Crippen LogP contribution in [0.3, 0.4) is 0 Å². The Balaban J connectivity index is 0.00000210. The summed E-state index contributed by atoms with van der Waals surface area (Å²) < 4.78 is 1.94. The van der Waals surface area contributed by atoms with Gasteiger partial charge in [0, 0.05) is 43.3 Å². The monoisotopic (exact) mass is 409 g/mol. The molecule has 4 heterocycles. The van der Waals surface area contributed by atoms with Gasteiger partial charge in [0.15, 0.2) is 0 Å². The summed E-state index contributed by atoms with van der Waals surface area (Å²) in [5, 5.41) is 13.1. The molecule has 1 fully saturated rings. The third kappa shape index (κ3) is 4.71. The van der Waals surface area contributed by atoms with Crippen molar-refractivity contribution in [2.75, 3.05) is 26.2 Å². The molecule has 1 amide bonds. The smallest absolute Gasteiger partial charge is 0.271 e. The highest BCUT2D eigenvalue weighted by molar-refractivity contribution is 7.10. The number of nitrogens with one attached hydrogen (secondary N) is 2.